The van der Waals surface area contributed by atoms with Gasteiger partial charge < -0.3 is 15.5 Å². The quantitative estimate of drug-likeness (QED) is 0.766. The zero-order chi connectivity index (χ0) is 13.9. The van der Waals surface area contributed by atoms with Crippen molar-refractivity contribution in [3.05, 3.63) is 29.6 Å². The van der Waals surface area contributed by atoms with Crippen LogP contribution in [0.1, 0.15) is 31.1 Å². The minimum absolute atomic E-state index is 0.0176. The summed E-state index contributed by atoms with van der Waals surface area (Å²) in [6.07, 6.45) is 0. The second-order valence-electron chi connectivity index (χ2n) is 4.86. The fourth-order valence-corrected chi connectivity index (χ4v) is 1.26. The number of aliphatic hydroxyl groups is 1. The highest BCUT2D eigenvalue weighted by atomic mass is 19.1. The molecule has 0 aliphatic heterocycles. The first-order valence-corrected chi connectivity index (χ1v) is 5.73. The van der Waals surface area contributed by atoms with Crippen LogP contribution in [0.2, 0.25) is 0 Å². The Balaban J connectivity index is 2.72. The summed E-state index contributed by atoms with van der Waals surface area (Å²) in [6, 6.07) is 3.16. The standard InChI is InChI=1S/C13H18FNO3/c1-8(2)13(3,18)7-15-12(17)10-5-4-9(14)6-11(10)16/h4-6,8,16,18H,7H2,1-3H3,(H,15,17). The van der Waals surface area contributed by atoms with Crippen molar-refractivity contribution in [2.45, 2.75) is 26.4 Å². The Morgan fingerprint density at radius 2 is 2.11 bits per heavy atom. The van der Waals surface area contributed by atoms with E-state index in [9.17, 15) is 19.4 Å². The fraction of sp³-hybridized carbons (Fsp3) is 0.462. The van der Waals surface area contributed by atoms with Crippen LogP contribution in [0.4, 0.5) is 4.39 Å². The molecule has 18 heavy (non-hydrogen) atoms. The van der Waals surface area contributed by atoms with Crippen molar-refractivity contribution in [1.82, 2.24) is 5.32 Å². The highest BCUT2D eigenvalue weighted by Crippen LogP contribution is 2.19. The van der Waals surface area contributed by atoms with Gasteiger partial charge in [-0.3, -0.25) is 4.79 Å². The highest BCUT2D eigenvalue weighted by molar-refractivity contribution is 5.96. The van der Waals surface area contributed by atoms with Gasteiger partial charge in [-0.05, 0) is 25.0 Å². The van der Waals surface area contributed by atoms with Crippen molar-refractivity contribution >= 4 is 5.91 Å². The Bertz CT molecular complexity index is 444. The number of carbonyl (C=O) groups excluding carboxylic acids is 1. The smallest absolute Gasteiger partial charge is 0.255 e. The maximum absolute atomic E-state index is 12.8. The van der Waals surface area contributed by atoms with Crippen LogP contribution in [-0.2, 0) is 0 Å². The van der Waals surface area contributed by atoms with Crippen LogP contribution < -0.4 is 5.32 Å². The van der Waals surface area contributed by atoms with Crippen LogP contribution in [0.15, 0.2) is 18.2 Å². The number of hydrogen-bond acceptors (Lipinski definition) is 3. The molecule has 1 aromatic carbocycles. The molecule has 0 aromatic heterocycles. The second kappa shape index (κ2) is 5.35. The zero-order valence-corrected chi connectivity index (χ0v) is 10.7. The molecule has 100 valence electrons. The summed E-state index contributed by atoms with van der Waals surface area (Å²) in [5.74, 6) is -1.61. The summed E-state index contributed by atoms with van der Waals surface area (Å²) in [4.78, 5) is 11.7. The van der Waals surface area contributed by atoms with Gasteiger partial charge in [0, 0.05) is 12.6 Å². The number of halogens is 1. The molecule has 0 aliphatic rings. The van der Waals surface area contributed by atoms with Gasteiger partial charge in [0.1, 0.15) is 11.6 Å². The Morgan fingerprint density at radius 1 is 1.50 bits per heavy atom. The topological polar surface area (TPSA) is 69.6 Å². The lowest BCUT2D eigenvalue weighted by Crippen LogP contribution is -2.44. The number of rotatable bonds is 4. The molecule has 0 saturated carbocycles. The fourth-order valence-electron chi connectivity index (χ4n) is 1.26. The maximum atomic E-state index is 12.8. The van der Waals surface area contributed by atoms with Gasteiger partial charge >= 0.3 is 0 Å². The minimum atomic E-state index is -1.04. The summed E-state index contributed by atoms with van der Waals surface area (Å²) >= 11 is 0. The van der Waals surface area contributed by atoms with Crippen molar-refractivity contribution in [3.8, 4) is 5.75 Å². The number of carbonyl (C=O) groups is 1. The lowest BCUT2D eigenvalue weighted by Gasteiger charge is -2.27. The summed E-state index contributed by atoms with van der Waals surface area (Å²) in [6.45, 7) is 5.34. The van der Waals surface area contributed by atoms with Crippen molar-refractivity contribution in [2.75, 3.05) is 6.54 Å². The van der Waals surface area contributed by atoms with E-state index in [1.807, 2.05) is 13.8 Å². The first-order valence-electron chi connectivity index (χ1n) is 5.73. The molecule has 0 aliphatic carbocycles. The molecular weight excluding hydrogens is 237 g/mol. The van der Waals surface area contributed by atoms with E-state index >= 15 is 0 Å². The molecule has 0 bridgehead atoms. The van der Waals surface area contributed by atoms with Crippen LogP contribution in [0, 0.1) is 11.7 Å². The lowest BCUT2D eigenvalue weighted by atomic mass is 9.92. The number of nitrogens with one attached hydrogen (secondary N) is 1. The molecule has 1 unspecified atom stereocenters. The van der Waals surface area contributed by atoms with E-state index in [1.165, 1.54) is 6.07 Å². The molecule has 0 heterocycles. The molecule has 5 heteroatoms. The van der Waals surface area contributed by atoms with Crippen molar-refractivity contribution in [3.63, 3.8) is 0 Å². The molecule has 0 spiro atoms. The van der Waals surface area contributed by atoms with E-state index in [0.29, 0.717) is 0 Å². The second-order valence-corrected chi connectivity index (χ2v) is 4.86. The van der Waals surface area contributed by atoms with E-state index in [4.69, 9.17) is 0 Å². The third-order valence-electron chi connectivity index (χ3n) is 3.06. The van der Waals surface area contributed by atoms with Crippen LogP contribution in [-0.4, -0.2) is 28.3 Å². The summed E-state index contributed by atoms with van der Waals surface area (Å²) in [5, 5.41) is 21.9. The van der Waals surface area contributed by atoms with Gasteiger partial charge in [-0.25, -0.2) is 4.39 Å². The molecule has 1 atom stereocenters. The Labute approximate surface area is 105 Å². The van der Waals surface area contributed by atoms with Crippen LogP contribution in [0.25, 0.3) is 0 Å². The van der Waals surface area contributed by atoms with E-state index in [0.717, 1.165) is 12.1 Å². The number of benzene rings is 1. The van der Waals surface area contributed by atoms with Gasteiger partial charge in [0.15, 0.2) is 0 Å². The van der Waals surface area contributed by atoms with E-state index in [1.54, 1.807) is 6.92 Å². The van der Waals surface area contributed by atoms with E-state index in [2.05, 4.69) is 5.32 Å². The van der Waals surface area contributed by atoms with Gasteiger partial charge in [-0.15, -0.1) is 0 Å². The average molecular weight is 255 g/mol. The third-order valence-corrected chi connectivity index (χ3v) is 3.06. The largest absolute Gasteiger partial charge is 0.507 e. The molecule has 1 amide bonds. The minimum Gasteiger partial charge on any atom is -0.507 e. The first-order chi connectivity index (χ1) is 8.24. The van der Waals surface area contributed by atoms with Gasteiger partial charge in [-0.1, -0.05) is 13.8 Å². The van der Waals surface area contributed by atoms with Crippen molar-refractivity contribution < 1.29 is 19.4 Å². The predicted octanol–water partition coefficient (Wildman–Crippen LogP) is 1.67. The van der Waals surface area contributed by atoms with Crippen molar-refractivity contribution in [2.24, 2.45) is 5.92 Å². The molecule has 4 nitrogen and oxygen atoms in total. The molecule has 0 fully saturated rings. The van der Waals surface area contributed by atoms with E-state index in [-0.39, 0.29) is 18.0 Å². The SMILES string of the molecule is CC(C)C(C)(O)CNC(=O)c1ccc(F)cc1O. The van der Waals surface area contributed by atoms with Crippen LogP contribution in [0.5, 0.6) is 5.75 Å². The van der Waals surface area contributed by atoms with Crippen molar-refractivity contribution in [1.29, 1.82) is 0 Å². The summed E-state index contributed by atoms with van der Waals surface area (Å²) in [7, 11) is 0. The Morgan fingerprint density at radius 3 is 2.61 bits per heavy atom. The third kappa shape index (κ3) is 3.43. The van der Waals surface area contributed by atoms with Gasteiger partial charge in [0.2, 0.25) is 0 Å². The Hall–Kier alpha value is -1.62. The highest BCUT2D eigenvalue weighted by Gasteiger charge is 2.26. The summed E-state index contributed by atoms with van der Waals surface area (Å²) in [5.41, 5.74) is -1.05. The normalized spacial score (nSPS) is 14.3. The van der Waals surface area contributed by atoms with Crippen LogP contribution >= 0.6 is 0 Å². The van der Waals surface area contributed by atoms with Gasteiger partial charge in [-0.2, -0.15) is 0 Å². The molecule has 0 saturated heterocycles. The van der Waals surface area contributed by atoms with Gasteiger partial charge in [0.05, 0.1) is 11.2 Å². The number of phenolic OH excluding ortho intramolecular Hbond substituents is 1. The monoisotopic (exact) mass is 255 g/mol. The maximum Gasteiger partial charge on any atom is 0.255 e. The Kier molecular flexibility index (Phi) is 4.29. The van der Waals surface area contributed by atoms with Gasteiger partial charge in [0.25, 0.3) is 5.91 Å². The predicted molar refractivity (Wildman–Crippen MR) is 65.9 cm³/mol. The van der Waals surface area contributed by atoms with E-state index < -0.39 is 23.1 Å². The lowest BCUT2D eigenvalue weighted by molar-refractivity contribution is 0.0142. The average Bonchev–Trinajstić information content (AvgIpc) is 2.25. The first kappa shape index (κ1) is 14.4. The van der Waals surface area contributed by atoms with Crippen LogP contribution in [0.3, 0.4) is 0 Å². The molecule has 1 rings (SSSR count). The molecular formula is C13H18FNO3. The molecule has 3 N–H and O–H groups in total. The number of amides is 1. The molecule has 1 aromatic rings. The number of phenols is 1. The zero-order valence-electron chi connectivity index (χ0n) is 10.7. The summed E-state index contributed by atoms with van der Waals surface area (Å²) < 4.78 is 12.8. The molecule has 0 radical (unpaired) electrons. The number of aromatic hydroxyl groups is 1. The number of hydrogen-bond donors (Lipinski definition) is 3.